The third-order valence-corrected chi connectivity index (χ3v) is 9.44. The highest BCUT2D eigenvalue weighted by molar-refractivity contribution is 7.89. The van der Waals surface area contributed by atoms with Gasteiger partial charge in [0.15, 0.2) is 4.80 Å². The van der Waals surface area contributed by atoms with E-state index in [4.69, 9.17) is 6.42 Å². The number of fused-ring (bicyclic) bond motifs is 1. The van der Waals surface area contributed by atoms with Gasteiger partial charge < -0.3 is 4.57 Å². The maximum absolute atomic E-state index is 13.1. The number of piperidine rings is 1. The lowest BCUT2D eigenvalue weighted by molar-refractivity contribution is -0.122. The van der Waals surface area contributed by atoms with Crippen LogP contribution < -0.4 is 4.80 Å². The van der Waals surface area contributed by atoms with Crippen LogP contribution in [0, 0.1) is 25.2 Å². The largest absolute Gasteiger partial charge is 0.305 e. The Labute approximate surface area is 211 Å². The summed E-state index contributed by atoms with van der Waals surface area (Å²) >= 11 is 1.48. The lowest BCUT2D eigenvalue weighted by atomic mass is 9.98. The van der Waals surface area contributed by atoms with Crippen molar-refractivity contribution in [2.45, 2.75) is 57.4 Å². The van der Waals surface area contributed by atoms with Crippen LogP contribution in [0.5, 0.6) is 0 Å². The molecule has 6 nitrogen and oxygen atoms in total. The van der Waals surface area contributed by atoms with Gasteiger partial charge in [-0.1, -0.05) is 54.4 Å². The zero-order valence-corrected chi connectivity index (χ0v) is 21.9. The molecule has 0 spiro atoms. The van der Waals surface area contributed by atoms with E-state index in [0.717, 1.165) is 35.0 Å². The smallest absolute Gasteiger partial charge is 0.251 e. The second-order valence-corrected chi connectivity index (χ2v) is 12.0. The summed E-state index contributed by atoms with van der Waals surface area (Å²) in [5.74, 6) is 2.16. The molecule has 0 saturated carbocycles. The Morgan fingerprint density at radius 3 is 2.54 bits per heavy atom. The predicted octanol–water partition coefficient (Wildman–Crippen LogP) is 4.52. The Morgan fingerprint density at radius 2 is 1.89 bits per heavy atom. The van der Waals surface area contributed by atoms with Gasteiger partial charge in [0.05, 0.1) is 21.7 Å². The lowest BCUT2D eigenvalue weighted by Crippen LogP contribution is -2.40. The van der Waals surface area contributed by atoms with Crippen molar-refractivity contribution in [2.75, 3.05) is 13.1 Å². The molecule has 2 heterocycles. The zero-order chi connectivity index (χ0) is 25.0. The van der Waals surface area contributed by atoms with Gasteiger partial charge >= 0.3 is 0 Å². The van der Waals surface area contributed by atoms with Crippen LogP contribution in [0.4, 0.5) is 0 Å². The number of nitrogens with zero attached hydrogens (tertiary/aromatic N) is 3. The van der Waals surface area contributed by atoms with Crippen molar-refractivity contribution < 1.29 is 13.2 Å². The number of sulfonamides is 1. The highest BCUT2D eigenvalue weighted by atomic mass is 32.2. The second-order valence-electron chi connectivity index (χ2n) is 9.02. The fourth-order valence-electron chi connectivity index (χ4n) is 4.37. The number of rotatable bonds is 7. The van der Waals surface area contributed by atoms with Crippen LogP contribution in [-0.4, -0.2) is 36.3 Å². The minimum Gasteiger partial charge on any atom is -0.305 e. The van der Waals surface area contributed by atoms with Crippen LogP contribution in [0.1, 0.15) is 43.7 Å². The van der Waals surface area contributed by atoms with Crippen molar-refractivity contribution in [1.82, 2.24) is 8.87 Å². The molecular weight excluding hydrogens is 478 g/mol. The van der Waals surface area contributed by atoms with Crippen molar-refractivity contribution in [1.29, 1.82) is 0 Å². The quantitative estimate of drug-likeness (QED) is 0.440. The van der Waals surface area contributed by atoms with Crippen molar-refractivity contribution >= 4 is 37.5 Å². The molecule has 1 aliphatic rings. The average molecular weight is 510 g/mol. The first-order valence-electron chi connectivity index (χ1n) is 12.0. The molecule has 184 valence electrons. The molecule has 3 aromatic rings. The number of aryl methyl sites for hydroxylation is 2. The number of carbonyl (C=O) groups is 1. The number of amides is 1. The monoisotopic (exact) mass is 509 g/mol. The summed E-state index contributed by atoms with van der Waals surface area (Å²) in [5.41, 5.74) is 3.27. The van der Waals surface area contributed by atoms with Crippen LogP contribution in [0.2, 0.25) is 0 Å². The van der Waals surface area contributed by atoms with Gasteiger partial charge in [-0.3, -0.25) is 4.79 Å². The molecule has 0 N–H and O–H groups in total. The molecule has 2 aromatic carbocycles. The summed E-state index contributed by atoms with van der Waals surface area (Å²) in [6.07, 6.45) is 9.81. The molecule has 1 saturated heterocycles. The van der Waals surface area contributed by atoms with Gasteiger partial charge in [-0.15, -0.1) is 6.42 Å². The van der Waals surface area contributed by atoms with Crippen LogP contribution in [0.15, 0.2) is 52.4 Å². The number of terminal acetylenes is 1. The minimum absolute atomic E-state index is 0.207. The maximum Gasteiger partial charge on any atom is 0.251 e. The molecule has 1 fully saturated rings. The van der Waals surface area contributed by atoms with E-state index in [2.05, 4.69) is 36.0 Å². The molecule has 0 radical (unpaired) electrons. The molecular formula is C27H31N3O3S2. The Bertz CT molecular complexity index is 1420. The average Bonchev–Trinajstić information content (AvgIpc) is 3.19. The minimum atomic E-state index is -3.56. The Morgan fingerprint density at radius 1 is 1.17 bits per heavy atom. The molecule has 1 aromatic heterocycles. The number of hydrogen-bond donors (Lipinski definition) is 0. The van der Waals surface area contributed by atoms with Crippen molar-refractivity contribution in [3.63, 3.8) is 0 Å². The van der Waals surface area contributed by atoms with Crippen molar-refractivity contribution in [3.05, 3.63) is 58.4 Å². The second kappa shape index (κ2) is 10.9. The molecule has 4 rings (SSSR count). The van der Waals surface area contributed by atoms with Gasteiger partial charge in [-0.05, 0) is 62.4 Å². The summed E-state index contributed by atoms with van der Waals surface area (Å²) in [4.78, 5) is 18.4. The van der Waals surface area contributed by atoms with Gasteiger partial charge in [0, 0.05) is 19.0 Å². The van der Waals surface area contributed by atoms with Crippen molar-refractivity contribution in [3.8, 4) is 12.3 Å². The maximum atomic E-state index is 13.1. The van der Waals surface area contributed by atoms with E-state index >= 15 is 0 Å². The Balaban J connectivity index is 1.52. The van der Waals surface area contributed by atoms with Gasteiger partial charge in [0.1, 0.15) is 0 Å². The number of hydrogen-bond acceptors (Lipinski definition) is 4. The number of thiazole rings is 1. The Hall–Kier alpha value is -2.73. The first kappa shape index (κ1) is 25.4. The van der Waals surface area contributed by atoms with Crippen LogP contribution in [0.25, 0.3) is 10.2 Å². The number of benzene rings is 2. The highest BCUT2D eigenvalue weighted by Crippen LogP contribution is 2.25. The molecule has 0 atom stereocenters. The molecule has 0 aliphatic carbocycles. The number of aromatic nitrogens is 1. The van der Waals surface area contributed by atoms with Crippen molar-refractivity contribution in [2.24, 2.45) is 10.9 Å². The van der Waals surface area contributed by atoms with E-state index in [1.807, 2.05) is 11.5 Å². The topological polar surface area (TPSA) is 71.7 Å². The first-order chi connectivity index (χ1) is 16.8. The van der Waals surface area contributed by atoms with E-state index < -0.39 is 10.0 Å². The Kier molecular flexibility index (Phi) is 7.90. The van der Waals surface area contributed by atoms with Gasteiger partial charge in [0.25, 0.3) is 5.91 Å². The summed E-state index contributed by atoms with van der Waals surface area (Å²) in [7, 11) is -3.56. The van der Waals surface area contributed by atoms with E-state index in [1.165, 1.54) is 21.2 Å². The molecule has 0 unspecified atom stereocenters. The van der Waals surface area contributed by atoms with Gasteiger partial charge in [-0.2, -0.15) is 9.30 Å². The molecule has 0 bridgehead atoms. The van der Waals surface area contributed by atoms with E-state index in [1.54, 1.807) is 24.3 Å². The van der Waals surface area contributed by atoms with Gasteiger partial charge in [0.2, 0.25) is 10.0 Å². The van der Waals surface area contributed by atoms with Crippen LogP contribution >= 0.6 is 11.3 Å². The summed E-state index contributed by atoms with van der Waals surface area (Å²) < 4.78 is 30.4. The highest BCUT2D eigenvalue weighted by Gasteiger charge is 2.32. The molecule has 8 heteroatoms. The van der Waals surface area contributed by atoms with E-state index in [-0.39, 0.29) is 16.7 Å². The first-order valence-corrected chi connectivity index (χ1v) is 14.3. The number of carbonyl (C=O) groups excluding carboxylic acids is 1. The zero-order valence-electron chi connectivity index (χ0n) is 20.2. The normalized spacial score (nSPS) is 16.0. The van der Waals surface area contributed by atoms with E-state index in [0.29, 0.717) is 37.3 Å². The fourth-order valence-corrected chi connectivity index (χ4v) is 6.94. The van der Waals surface area contributed by atoms with E-state index in [9.17, 15) is 13.2 Å². The number of unbranched alkanes of at least 4 members (excludes halogenated alkanes) is 1. The third-order valence-electron chi connectivity index (χ3n) is 6.48. The molecule has 1 aliphatic heterocycles. The summed E-state index contributed by atoms with van der Waals surface area (Å²) in [5, 5.41) is 0. The standard InChI is InChI=1S/C27H31N3O3S2/c1-4-6-7-21-10-13-24-25(19-21)34-27(30(24)16-5-2)28-26(31)22-14-17-29(18-15-22)35(32,33)23-11-8-20(3)9-12-23/h2,8-13,19,22H,4,6-7,14-18H2,1,3H3. The summed E-state index contributed by atoms with van der Waals surface area (Å²) in [6.45, 7) is 5.05. The third kappa shape index (κ3) is 5.58. The fraction of sp³-hybridized carbons (Fsp3) is 0.407. The van der Waals surface area contributed by atoms with Crippen LogP contribution in [0.3, 0.4) is 0 Å². The van der Waals surface area contributed by atoms with Crippen LogP contribution in [-0.2, 0) is 27.8 Å². The molecule has 1 amide bonds. The molecule has 35 heavy (non-hydrogen) atoms. The lowest BCUT2D eigenvalue weighted by Gasteiger charge is -2.29. The predicted molar refractivity (Wildman–Crippen MR) is 140 cm³/mol. The SMILES string of the molecule is C#CCn1c(=NC(=O)C2CCN(S(=O)(=O)c3ccc(C)cc3)CC2)sc2cc(CCCC)ccc21. The van der Waals surface area contributed by atoms with Gasteiger partial charge in [-0.25, -0.2) is 8.42 Å². The summed E-state index contributed by atoms with van der Waals surface area (Å²) in [6, 6.07) is 13.2.